The minimum absolute atomic E-state index is 0.306. The summed E-state index contributed by atoms with van der Waals surface area (Å²) in [6.07, 6.45) is 1.68. The summed E-state index contributed by atoms with van der Waals surface area (Å²) in [6, 6.07) is 7.67. The lowest BCUT2D eigenvalue weighted by Crippen LogP contribution is -1.97. The Morgan fingerprint density at radius 2 is 2.05 bits per heavy atom. The number of ether oxygens (including phenoxy) is 2. The average molecular weight is 279 g/mol. The molecule has 0 aliphatic carbocycles. The van der Waals surface area contributed by atoms with E-state index in [4.69, 9.17) is 21.1 Å². The largest absolute Gasteiger partial charge is 0.494 e. The number of alkyl halides is 1. The van der Waals surface area contributed by atoms with Crippen molar-refractivity contribution in [3.8, 4) is 17.5 Å². The molecule has 0 atom stereocenters. The lowest BCUT2D eigenvalue weighted by Gasteiger charge is -2.08. The van der Waals surface area contributed by atoms with Crippen LogP contribution in [0, 0.1) is 6.92 Å². The van der Waals surface area contributed by atoms with E-state index in [2.05, 4.69) is 9.97 Å². The fraction of sp³-hybridized carbons (Fsp3) is 0.286. The highest BCUT2D eigenvalue weighted by molar-refractivity contribution is 6.17. The van der Waals surface area contributed by atoms with Crippen LogP contribution in [0.4, 0.5) is 0 Å². The van der Waals surface area contributed by atoms with Gasteiger partial charge in [-0.3, -0.25) is 0 Å². The summed E-state index contributed by atoms with van der Waals surface area (Å²) < 4.78 is 11.0. The highest BCUT2D eigenvalue weighted by Gasteiger charge is 2.05. The van der Waals surface area contributed by atoms with Crippen molar-refractivity contribution in [2.45, 2.75) is 19.7 Å². The molecule has 1 aromatic heterocycles. The van der Waals surface area contributed by atoms with Crippen LogP contribution in [0.2, 0.25) is 0 Å². The van der Waals surface area contributed by atoms with E-state index in [9.17, 15) is 0 Å². The second kappa shape index (κ2) is 6.38. The van der Waals surface area contributed by atoms with Gasteiger partial charge in [0.2, 0.25) is 0 Å². The molecule has 0 radical (unpaired) electrons. The Bertz CT molecular complexity index is 561. The Hall–Kier alpha value is -1.81. The van der Waals surface area contributed by atoms with E-state index in [0.717, 1.165) is 17.0 Å². The molecule has 1 heterocycles. The third-order valence-electron chi connectivity index (χ3n) is 2.53. The zero-order chi connectivity index (χ0) is 13.7. The van der Waals surface area contributed by atoms with Crippen molar-refractivity contribution in [1.29, 1.82) is 0 Å². The van der Waals surface area contributed by atoms with E-state index in [1.54, 1.807) is 12.3 Å². The predicted octanol–water partition coefficient (Wildman–Crippen LogP) is 3.71. The Kier molecular flexibility index (Phi) is 4.58. The Morgan fingerprint density at radius 3 is 2.74 bits per heavy atom. The quantitative estimate of drug-likeness (QED) is 0.782. The molecule has 0 aliphatic heterocycles. The molecule has 0 saturated carbocycles. The Labute approximate surface area is 117 Å². The Morgan fingerprint density at radius 1 is 1.26 bits per heavy atom. The van der Waals surface area contributed by atoms with Crippen LogP contribution in [-0.4, -0.2) is 16.6 Å². The number of benzene rings is 1. The van der Waals surface area contributed by atoms with Gasteiger partial charge in [0.15, 0.2) is 0 Å². The van der Waals surface area contributed by atoms with Crippen LogP contribution in [0.1, 0.15) is 18.2 Å². The number of halogens is 1. The third-order valence-corrected chi connectivity index (χ3v) is 2.82. The van der Waals surface area contributed by atoms with Crippen LogP contribution in [0.5, 0.6) is 17.5 Å². The number of aromatic nitrogens is 2. The minimum atomic E-state index is 0.306. The topological polar surface area (TPSA) is 44.2 Å². The van der Waals surface area contributed by atoms with Crippen molar-refractivity contribution >= 4 is 11.6 Å². The number of rotatable bonds is 5. The van der Waals surface area contributed by atoms with Crippen LogP contribution in [0.3, 0.4) is 0 Å². The summed E-state index contributed by atoms with van der Waals surface area (Å²) in [6.45, 7) is 4.43. The molecule has 0 fully saturated rings. The summed E-state index contributed by atoms with van der Waals surface area (Å²) in [7, 11) is 0. The second-order valence-corrected chi connectivity index (χ2v) is 4.17. The van der Waals surface area contributed by atoms with Crippen LogP contribution in [0.25, 0.3) is 0 Å². The van der Waals surface area contributed by atoms with Gasteiger partial charge in [-0.1, -0.05) is 6.07 Å². The van der Waals surface area contributed by atoms with E-state index < -0.39 is 0 Å². The first-order valence-corrected chi connectivity index (χ1v) is 6.55. The predicted molar refractivity (Wildman–Crippen MR) is 74.0 cm³/mol. The van der Waals surface area contributed by atoms with Gasteiger partial charge in [0, 0.05) is 23.5 Å². The van der Waals surface area contributed by atoms with Gasteiger partial charge in [-0.25, -0.2) is 4.98 Å². The summed E-state index contributed by atoms with van der Waals surface area (Å²) in [5.41, 5.74) is 1.72. The average Bonchev–Trinajstić information content (AvgIpc) is 2.40. The molecule has 0 N–H and O–H groups in total. The molecule has 2 aromatic rings. The Balaban J connectivity index is 2.16. The van der Waals surface area contributed by atoms with E-state index in [1.165, 1.54) is 0 Å². The zero-order valence-electron chi connectivity index (χ0n) is 10.9. The molecule has 4 nitrogen and oxygen atoms in total. The summed E-state index contributed by atoms with van der Waals surface area (Å²) in [4.78, 5) is 8.38. The van der Waals surface area contributed by atoms with Crippen LogP contribution >= 0.6 is 11.6 Å². The van der Waals surface area contributed by atoms with Gasteiger partial charge in [-0.2, -0.15) is 4.98 Å². The van der Waals surface area contributed by atoms with Crippen molar-refractivity contribution < 1.29 is 9.47 Å². The summed E-state index contributed by atoms with van der Waals surface area (Å²) >= 11 is 5.76. The smallest absolute Gasteiger partial charge is 0.322 e. The van der Waals surface area contributed by atoms with Gasteiger partial charge in [0.25, 0.3) is 0 Å². The van der Waals surface area contributed by atoms with Gasteiger partial charge in [-0.05, 0) is 26.0 Å². The molecular formula is C14H15ClN2O2. The minimum Gasteiger partial charge on any atom is -0.494 e. The fourth-order valence-electron chi connectivity index (χ4n) is 1.55. The van der Waals surface area contributed by atoms with Crippen molar-refractivity contribution in [2.24, 2.45) is 0 Å². The first-order valence-electron chi connectivity index (χ1n) is 6.02. The first kappa shape index (κ1) is 13.6. The lowest BCUT2D eigenvalue weighted by molar-refractivity contribution is 0.337. The molecule has 0 aliphatic rings. The van der Waals surface area contributed by atoms with Crippen molar-refractivity contribution in [3.05, 3.63) is 41.7 Å². The van der Waals surface area contributed by atoms with Gasteiger partial charge in [0.1, 0.15) is 11.5 Å². The number of nitrogens with zero attached hydrogens (tertiary/aromatic N) is 2. The molecule has 19 heavy (non-hydrogen) atoms. The van der Waals surface area contributed by atoms with Crippen LogP contribution in [0.15, 0.2) is 30.5 Å². The third kappa shape index (κ3) is 3.58. The second-order valence-electron chi connectivity index (χ2n) is 3.91. The number of aryl methyl sites for hydroxylation is 1. The van der Waals surface area contributed by atoms with Crippen molar-refractivity contribution in [3.63, 3.8) is 0 Å². The van der Waals surface area contributed by atoms with Gasteiger partial charge in [-0.15, -0.1) is 11.6 Å². The number of hydrogen-bond donors (Lipinski definition) is 0. The summed E-state index contributed by atoms with van der Waals surface area (Å²) in [5.74, 6) is 1.80. The zero-order valence-corrected chi connectivity index (χ0v) is 11.6. The molecule has 0 spiro atoms. The lowest BCUT2D eigenvalue weighted by atomic mass is 10.3. The van der Waals surface area contributed by atoms with Gasteiger partial charge in [0.05, 0.1) is 12.5 Å². The number of hydrogen-bond acceptors (Lipinski definition) is 4. The van der Waals surface area contributed by atoms with Crippen molar-refractivity contribution in [2.75, 3.05) is 6.61 Å². The maximum absolute atomic E-state index is 5.76. The molecule has 0 amide bonds. The van der Waals surface area contributed by atoms with Gasteiger partial charge < -0.3 is 9.47 Å². The fourth-order valence-corrected chi connectivity index (χ4v) is 1.81. The SMILES string of the molecule is CCOc1cccc(Oc2ncc(CCl)c(C)n2)c1. The van der Waals surface area contributed by atoms with E-state index in [-0.39, 0.29) is 0 Å². The van der Waals surface area contributed by atoms with Crippen LogP contribution in [-0.2, 0) is 5.88 Å². The first-order chi connectivity index (χ1) is 9.22. The normalized spacial score (nSPS) is 10.3. The van der Waals surface area contributed by atoms with Crippen LogP contribution < -0.4 is 9.47 Å². The maximum atomic E-state index is 5.76. The van der Waals surface area contributed by atoms with E-state index >= 15 is 0 Å². The standard InChI is InChI=1S/C14H15ClN2O2/c1-3-18-12-5-4-6-13(7-12)19-14-16-9-11(8-15)10(2)17-14/h4-7,9H,3,8H2,1-2H3. The highest BCUT2D eigenvalue weighted by Crippen LogP contribution is 2.23. The molecule has 0 unspecified atom stereocenters. The molecule has 2 rings (SSSR count). The molecule has 100 valence electrons. The van der Waals surface area contributed by atoms with Gasteiger partial charge >= 0.3 is 6.01 Å². The maximum Gasteiger partial charge on any atom is 0.322 e. The summed E-state index contributed by atoms with van der Waals surface area (Å²) in [5, 5.41) is 0. The van der Waals surface area contributed by atoms with E-state index in [0.29, 0.717) is 24.2 Å². The molecule has 0 bridgehead atoms. The molecule has 1 aromatic carbocycles. The molecular weight excluding hydrogens is 264 g/mol. The monoisotopic (exact) mass is 278 g/mol. The van der Waals surface area contributed by atoms with Crippen molar-refractivity contribution in [1.82, 2.24) is 9.97 Å². The molecule has 5 heteroatoms. The van der Waals surface area contributed by atoms with E-state index in [1.807, 2.05) is 32.0 Å². The highest BCUT2D eigenvalue weighted by atomic mass is 35.5. The molecule has 0 saturated heterocycles.